The van der Waals surface area contributed by atoms with E-state index >= 15 is 0 Å². The fraction of sp³-hybridized carbons (Fsp3) is 0.250. The van der Waals surface area contributed by atoms with E-state index in [1.165, 1.54) is 5.69 Å². The summed E-state index contributed by atoms with van der Waals surface area (Å²) in [4.78, 5) is 13.9. The largest absolute Gasteiger partial charge is 0.358 e. The quantitative estimate of drug-likeness (QED) is 0.720. The van der Waals surface area contributed by atoms with Crippen molar-refractivity contribution in [1.29, 1.82) is 0 Å². The van der Waals surface area contributed by atoms with Crippen LogP contribution in [0.5, 0.6) is 0 Å². The van der Waals surface area contributed by atoms with E-state index in [1.807, 2.05) is 18.2 Å². The molecule has 1 aromatic carbocycles. The van der Waals surface area contributed by atoms with Crippen molar-refractivity contribution >= 4 is 17.2 Å². The molecule has 0 bridgehead atoms. The number of fused-ring (bicyclic) bond motifs is 1. The van der Waals surface area contributed by atoms with Gasteiger partial charge in [-0.1, -0.05) is 13.8 Å². The van der Waals surface area contributed by atoms with Crippen LogP contribution in [-0.2, 0) is 0 Å². The van der Waals surface area contributed by atoms with Gasteiger partial charge in [-0.05, 0) is 30.2 Å². The van der Waals surface area contributed by atoms with Gasteiger partial charge in [0, 0.05) is 22.2 Å². The lowest BCUT2D eigenvalue weighted by molar-refractivity contribution is 0.112. The van der Waals surface area contributed by atoms with E-state index in [9.17, 15) is 4.79 Å². The monoisotopic (exact) mass is 187 g/mol. The summed E-state index contributed by atoms with van der Waals surface area (Å²) in [6, 6.07) is 7.79. The summed E-state index contributed by atoms with van der Waals surface area (Å²) in [5.74, 6) is 0.488. The highest BCUT2D eigenvalue weighted by atomic mass is 16.1. The van der Waals surface area contributed by atoms with Crippen LogP contribution in [0.2, 0.25) is 0 Å². The summed E-state index contributed by atoms with van der Waals surface area (Å²) in [7, 11) is 0. The first-order valence-electron chi connectivity index (χ1n) is 4.78. The number of rotatable bonds is 2. The van der Waals surface area contributed by atoms with Crippen LogP contribution in [0.3, 0.4) is 0 Å². The third-order valence-electron chi connectivity index (χ3n) is 2.42. The van der Waals surface area contributed by atoms with Crippen molar-refractivity contribution in [3.05, 3.63) is 35.5 Å². The third-order valence-corrected chi connectivity index (χ3v) is 2.42. The normalized spacial score (nSPS) is 11.1. The van der Waals surface area contributed by atoms with E-state index in [4.69, 9.17) is 0 Å². The van der Waals surface area contributed by atoms with Crippen molar-refractivity contribution in [2.75, 3.05) is 0 Å². The second-order valence-electron chi connectivity index (χ2n) is 3.84. The number of carbonyl (C=O) groups excluding carboxylic acids is 1. The number of nitrogens with one attached hydrogen (secondary N) is 1. The zero-order valence-corrected chi connectivity index (χ0v) is 8.37. The maximum absolute atomic E-state index is 10.6. The molecule has 1 aromatic heterocycles. The van der Waals surface area contributed by atoms with E-state index in [2.05, 4.69) is 24.9 Å². The molecule has 0 saturated carbocycles. The van der Waals surface area contributed by atoms with Crippen molar-refractivity contribution in [3.63, 3.8) is 0 Å². The molecule has 0 amide bonds. The predicted molar refractivity (Wildman–Crippen MR) is 57.8 cm³/mol. The highest BCUT2D eigenvalue weighted by Gasteiger charge is 2.04. The lowest BCUT2D eigenvalue weighted by atomic mass is 10.1. The molecule has 2 nitrogen and oxygen atoms in total. The number of aromatic nitrogens is 1. The van der Waals surface area contributed by atoms with Crippen LogP contribution in [0.1, 0.15) is 35.8 Å². The van der Waals surface area contributed by atoms with Gasteiger partial charge in [0.15, 0.2) is 0 Å². The highest BCUT2D eigenvalue weighted by molar-refractivity contribution is 5.87. The van der Waals surface area contributed by atoms with Crippen molar-refractivity contribution in [2.24, 2.45) is 0 Å². The number of hydrogen-bond donors (Lipinski definition) is 1. The first-order valence-corrected chi connectivity index (χ1v) is 4.78. The van der Waals surface area contributed by atoms with Crippen LogP contribution >= 0.6 is 0 Å². The fourth-order valence-electron chi connectivity index (χ4n) is 1.56. The van der Waals surface area contributed by atoms with E-state index in [-0.39, 0.29) is 0 Å². The minimum atomic E-state index is 0.488. The molecule has 0 unspecified atom stereocenters. The summed E-state index contributed by atoms with van der Waals surface area (Å²) < 4.78 is 0. The summed E-state index contributed by atoms with van der Waals surface area (Å²) >= 11 is 0. The van der Waals surface area contributed by atoms with Gasteiger partial charge in [-0.15, -0.1) is 0 Å². The smallest absolute Gasteiger partial charge is 0.150 e. The number of aldehydes is 1. The molecule has 1 heterocycles. The summed E-state index contributed by atoms with van der Waals surface area (Å²) in [6.45, 7) is 4.29. The van der Waals surface area contributed by atoms with Gasteiger partial charge in [0.25, 0.3) is 0 Å². The molecule has 0 spiro atoms. The summed E-state index contributed by atoms with van der Waals surface area (Å²) in [6.07, 6.45) is 0.876. The van der Waals surface area contributed by atoms with Crippen LogP contribution in [0, 0.1) is 0 Å². The number of aromatic amines is 1. The predicted octanol–water partition coefficient (Wildman–Crippen LogP) is 3.10. The van der Waals surface area contributed by atoms with Gasteiger partial charge in [-0.25, -0.2) is 0 Å². The summed E-state index contributed by atoms with van der Waals surface area (Å²) in [5.41, 5.74) is 3.04. The van der Waals surface area contributed by atoms with Crippen LogP contribution < -0.4 is 0 Å². The van der Waals surface area contributed by atoms with E-state index in [0.29, 0.717) is 5.92 Å². The van der Waals surface area contributed by atoms with Gasteiger partial charge in [0.05, 0.1) is 0 Å². The highest BCUT2D eigenvalue weighted by Crippen LogP contribution is 2.21. The molecular formula is C12H13NO. The van der Waals surface area contributed by atoms with Crippen molar-refractivity contribution in [2.45, 2.75) is 19.8 Å². The molecule has 1 N–H and O–H groups in total. The molecule has 0 saturated heterocycles. The average molecular weight is 187 g/mol. The zero-order chi connectivity index (χ0) is 10.1. The van der Waals surface area contributed by atoms with E-state index < -0.39 is 0 Å². The molecule has 0 aliphatic heterocycles. The molecule has 72 valence electrons. The Morgan fingerprint density at radius 3 is 2.71 bits per heavy atom. The molecule has 0 atom stereocenters. The van der Waals surface area contributed by atoms with Crippen LogP contribution in [-0.4, -0.2) is 11.3 Å². The molecule has 0 aliphatic carbocycles. The molecule has 0 radical (unpaired) electrons. The van der Waals surface area contributed by atoms with Crippen LogP contribution in [0.15, 0.2) is 24.3 Å². The average Bonchev–Trinajstić information content (AvgIpc) is 2.59. The Bertz CT molecular complexity index is 468. The second kappa shape index (κ2) is 3.29. The molecule has 0 fully saturated rings. The van der Waals surface area contributed by atoms with Crippen molar-refractivity contribution in [3.8, 4) is 0 Å². The minimum absolute atomic E-state index is 0.488. The number of H-pyrrole nitrogens is 1. The molecule has 0 aliphatic rings. The number of benzene rings is 1. The maximum Gasteiger partial charge on any atom is 0.150 e. The summed E-state index contributed by atoms with van der Waals surface area (Å²) in [5, 5.41) is 1.11. The van der Waals surface area contributed by atoms with Gasteiger partial charge in [0.1, 0.15) is 6.29 Å². The Kier molecular flexibility index (Phi) is 2.12. The van der Waals surface area contributed by atoms with E-state index in [1.54, 1.807) is 0 Å². The number of carbonyl (C=O) groups is 1. The van der Waals surface area contributed by atoms with Gasteiger partial charge >= 0.3 is 0 Å². The van der Waals surface area contributed by atoms with Gasteiger partial charge in [-0.3, -0.25) is 4.79 Å². The maximum atomic E-state index is 10.6. The Balaban J connectivity index is 2.59. The molecule has 2 rings (SSSR count). The Labute approximate surface area is 82.9 Å². The zero-order valence-electron chi connectivity index (χ0n) is 8.37. The van der Waals surface area contributed by atoms with Crippen LogP contribution in [0.25, 0.3) is 10.9 Å². The Morgan fingerprint density at radius 1 is 1.29 bits per heavy atom. The Morgan fingerprint density at radius 2 is 2.07 bits per heavy atom. The lowest BCUT2D eigenvalue weighted by Crippen LogP contribution is -1.84. The molecule has 2 aromatic rings. The third kappa shape index (κ3) is 1.43. The first-order chi connectivity index (χ1) is 6.70. The molecule has 2 heteroatoms. The molecular weight excluding hydrogens is 174 g/mol. The standard InChI is InChI=1S/C12H13NO/c1-8(2)12-6-10-5-9(7-14)3-4-11(10)13-12/h3-8,13H,1-2H3. The van der Waals surface area contributed by atoms with E-state index in [0.717, 1.165) is 22.8 Å². The first kappa shape index (κ1) is 9.00. The number of hydrogen-bond acceptors (Lipinski definition) is 1. The minimum Gasteiger partial charge on any atom is -0.358 e. The van der Waals surface area contributed by atoms with Crippen molar-refractivity contribution < 1.29 is 4.79 Å². The Hall–Kier alpha value is -1.57. The lowest BCUT2D eigenvalue weighted by Gasteiger charge is -1.97. The van der Waals surface area contributed by atoms with Gasteiger partial charge in [0.2, 0.25) is 0 Å². The van der Waals surface area contributed by atoms with Gasteiger partial charge < -0.3 is 4.98 Å². The topological polar surface area (TPSA) is 32.9 Å². The second-order valence-corrected chi connectivity index (χ2v) is 3.84. The van der Waals surface area contributed by atoms with Crippen molar-refractivity contribution in [1.82, 2.24) is 4.98 Å². The van der Waals surface area contributed by atoms with Gasteiger partial charge in [-0.2, -0.15) is 0 Å². The van der Waals surface area contributed by atoms with Crippen LogP contribution in [0.4, 0.5) is 0 Å². The SMILES string of the molecule is CC(C)c1cc2cc(C=O)ccc2[nH]1. The fourth-order valence-corrected chi connectivity index (χ4v) is 1.56. The molecule has 14 heavy (non-hydrogen) atoms.